The first kappa shape index (κ1) is 28.9. The van der Waals surface area contributed by atoms with Crippen molar-refractivity contribution >= 4 is 51.4 Å². The third-order valence-electron chi connectivity index (χ3n) is 5.36. The summed E-state index contributed by atoms with van der Waals surface area (Å²) in [5.74, 6) is -0.0124. The van der Waals surface area contributed by atoms with Crippen LogP contribution in [0.1, 0.15) is 17.5 Å². The Morgan fingerprint density at radius 3 is 1.75 bits per heavy atom. The molecule has 0 fully saturated rings. The molecule has 36 heavy (non-hydrogen) atoms. The van der Waals surface area contributed by atoms with E-state index in [1.807, 2.05) is 60.7 Å². The van der Waals surface area contributed by atoms with Crippen molar-refractivity contribution in [3.05, 3.63) is 89.3 Å². The maximum Gasteiger partial charge on any atom is 4.00 e. The SMILES string of the molecule is [Fe+4].[N-]=C=S.[O-]c1ccc2ccccc2c1C=NCCCNCCN=Cc1c([O-])ccc2ccccc12. The maximum absolute atomic E-state index is 12.2. The summed E-state index contributed by atoms with van der Waals surface area (Å²) in [5.41, 5.74) is 1.29. The minimum atomic E-state index is -0.00861. The summed E-state index contributed by atoms with van der Waals surface area (Å²) in [5, 5.41) is 40.1. The average molecular weight is 537 g/mol. The summed E-state index contributed by atoms with van der Waals surface area (Å²) < 4.78 is 0. The van der Waals surface area contributed by atoms with E-state index < -0.39 is 0 Å². The van der Waals surface area contributed by atoms with Crippen molar-refractivity contribution in [1.29, 1.82) is 0 Å². The van der Waals surface area contributed by atoms with Crippen molar-refractivity contribution in [3.8, 4) is 11.5 Å². The van der Waals surface area contributed by atoms with E-state index in [2.05, 4.69) is 27.5 Å². The van der Waals surface area contributed by atoms with Crippen LogP contribution in [0.5, 0.6) is 11.5 Å². The van der Waals surface area contributed by atoms with E-state index in [0.717, 1.165) is 41.1 Å². The van der Waals surface area contributed by atoms with E-state index in [4.69, 9.17) is 5.41 Å². The zero-order valence-corrected chi connectivity index (χ0v) is 21.5. The van der Waals surface area contributed by atoms with Crippen LogP contribution in [-0.4, -0.2) is 43.8 Å². The zero-order chi connectivity index (χ0) is 24.9. The number of rotatable bonds is 9. The first-order valence-electron chi connectivity index (χ1n) is 11.2. The summed E-state index contributed by atoms with van der Waals surface area (Å²) >= 11 is 3.70. The van der Waals surface area contributed by atoms with Gasteiger partial charge in [0.2, 0.25) is 0 Å². The van der Waals surface area contributed by atoms with Gasteiger partial charge in [0.15, 0.2) is 0 Å². The molecule has 0 spiro atoms. The average Bonchev–Trinajstić information content (AvgIpc) is 2.88. The van der Waals surface area contributed by atoms with Gasteiger partial charge in [-0.1, -0.05) is 96.5 Å². The molecule has 1 N–H and O–H groups in total. The Kier molecular flexibility index (Phi) is 12.5. The molecule has 4 rings (SSSR count). The third kappa shape index (κ3) is 8.09. The molecular formula is C28H25FeN4O2S+. The molecular weight excluding hydrogens is 512 g/mol. The van der Waals surface area contributed by atoms with Crippen LogP contribution >= 0.6 is 12.2 Å². The Bertz CT molecular complexity index is 1270. The van der Waals surface area contributed by atoms with Gasteiger partial charge >= 0.3 is 17.1 Å². The number of benzene rings is 4. The van der Waals surface area contributed by atoms with Gasteiger partial charge in [0.05, 0.1) is 6.54 Å². The van der Waals surface area contributed by atoms with Crippen molar-refractivity contribution in [3.63, 3.8) is 0 Å². The van der Waals surface area contributed by atoms with Crippen molar-refractivity contribution in [2.24, 2.45) is 9.98 Å². The van der Waals surface area contributed by atoms with Gasteiger partial charge in [-0.2, -0.15) is 5.16 Å². The number of hydrogen-bond donors (Lipinski definition) is 1. The molecule has 0 atom stereocenters. The molecule has 4 aromatic rings. The standard InChI is InChI=1S/C27H27N3O2.CNS.Fe/c31-26-12-10-20-6-1-3-8-22(20)24(26)18-29-15-5-14-28-16-17-30-19-25-23-9-4-2-7-21(23)11-13-27(25)32;2-1-3;/h1-4,6-13,18-19,28,31-32H,5,14-17H2;;/q;-1;+4/p-2. The smallest absolute Gasteiger partial charge is 0.872 e. The second-order valence-electron chi connectivity index (χ2n) is 7.66. The molecule has 0 aliphatic rings. The summed E-state index contributed by atoms with van der Waals surface area (Å²) in [6.07, 6.45) is 4.24. The number of aliphatic imine (C=N–C) groups is 2. The fourth-order valence-corrected chi connectivity index (χ4v) is 3.69. The molecule has 0 aromatic heterocycles. The number of hydrogen-bond acceptors (Lipinski definition) is 6. The fraction of sp³-hybridized carbons (Fsp3) is 0.179. The van der Waals surface area contributed by atoms with E-state index in [0.29, 0.717) is 24.2 Å². The van der Waals surface area contributed by atoms with E-state index in [-0.39, 0.29) is 28.6 Å². The Labute approximate surface area is 226 Å². The van der Waals surface area contributed by atoms with Gasteiger partial charge in [-0.05, 0) is 45.6 Å². The van der Waals surface area contributed by atoms with Gasteiger partial charge < -0.3 is 20.9 Å². The Hall–Kier alpha value is -3.38. The summed E-state index contributed by atoms with van der Waals surface area (Å²) in [6, 6.07) is 22.6. The monoisotopic (exact) mass is 537 g/mol. The van der Waals surface area contributed by atoms with Crippen molar-refractivity contribution in [2.75, 3.05) is 26.2 Å². The third-order valence-corrected chi connectivity index (χ3v) is 5.36. The minimum absolute atomic E-state index is 0. The molecule has 0 saturated heterocycles. The Morgan fingerprint density at radius 2 is 1.22 bits per heavy atom. The molecule has 0 aliphatic carbocycles. The van der Waals surface area contributed by atoms with Crippen molar-refractivity contribution < 1.29 is 27.3 Å². The number of fused-ring (bicyclic) bond motifs is 2. The van der Waals surface area contributed by atoms with Crippen LogP contribution in [-0.2, 0) is 17.1 Å². The van der Waals surface area contributed by atoms with Gasteiger partial charge in [-0.15, -0.1) is 0 Å². The van der Waals surface area contributed by atoms with Gasteiger partial charge in [0.1, 0.15) is 0 Å². The molecule has 4 aromatic carbocycles. The quantitative estimate of drug-likeness (QED) is 0.149. The largest absolute Gasteiger partial charge is 4.00 e. The Balaban J connectivity index is 0.00000109. The number of nitrogens with zero attached hydrogens (tertiary/aromatic N) is 3. The number of nitrogens with one attached hydrogen (secondary N) is 1. The number of thiocarbonyl (C=S) groups is 1. The van der Waals surface area contributed by atoms with Crippen LogP contribution in [0.4, 0.5) is 0 Å². The normalized spacial score (nSPS) is 10.8. The first-order chi connectivity index (χ1) is 17.2. The van der Waals surface area contributed by atoms with E-state index in [9.17, 15) is 10.2 Å². The molecule has 182 valence electrons. The predicted molar refractivity (Wildman–Crippen MR) is 145 cm³/mol. The van der Waals surface area contributed by atoms with Crippen LogP contribution in [0.25, 0.3) is 27.0 Å². The van der Waals surface area contributed by atoms with Gasteiger partial charge in [-0.25, -0.2) is 0 Å². The van der Waals surface area contributed by atoms with Crippen LogP contribution in [0.2, 0.25) is 0 Å². The summed E-state index contributed by atoms with van der Waals surface area (Å²) in [6.45, 7) is 2.79. The molecule has 0 aliphatic heterocycles. The van der Waals surface area contributed by atoms with Gasteiger partial charge in [0.25, 0.3) is 0 Å². The van der Waals surface area contributed by atoms with Crippen LogP contribution in [0, 0.1) is 0 Å². The van der Waals surface area contributed by atoms with E-state index in [1.54, 1.807) is 24.6 Å². The van der Waals surface area contributed by atoms with Crippen LogP contribution < -0.4 is 15.5 Å². The van der Waals surface area contributed by atoms with E-state index >= 15 is 0 Å². The molecule has 0 radical (unpaired) electrons. The minimum Gasteiger partial charge on any atom is -0.872 e. The molecule has 0 amide bonds. The second kappa shape index (κ2) is 15.6. The van der Waals surface area contributed by atoms with Crippen LogP contribution in [0.15, 0.2) is 82.8 Å². The topological polar surface area (TPSA) is 105 Å². The fourth-order valence-electron chi connectivity index (χ4n) is 3.69. The maximum atomic E-state index is 12.2. The molecule has 0 unspecified atom stereocenters. The predicted octanol–water partition coefficient (Wildman–Crippen LogP) is 4.31. The van der Waals surface area contributed by atoms with E-state index in [1.165, 1.54) is 5.16 Å². The second-order valence-corrected chi connectivity index (χ2v) is 7.84. The first-order valence-corrected chi connectivity index (χ1v) is 11.7. The Morgan fingerprint density at radius 1 is 0.750 bits per heavy atom. The van der Waals surface area contributed by atoms with Crippen molar-refractivity contribution in [1.82, 2.24) is 5.32 Å². The van der Waals surface area contributed by atoms with Crippen molar-refractivity contribution in [2.45, 2.75) is 6.42 Å². The molecule has 6 nitrogen and oxygen atoms in total. The molecule has 0 saturated carbocycles. The zero-order valence-electron chi connectivity index (χ0n) is 19.5. The molecule has 8 heteroatoms. The molecule has 0 heterocycles. The van der Waals surface area contributed by atoms with Gasteiger partial charge in [0, 0.05) is 25.5 Å². The van der Waals surface area contributed by atoms with Gasteiger partial charge in [-0.3, -0.25) is 9.98 Å². The van der Waals surface area contributed by atoms with Crippen LogP contribution in [0.3, 0.4) is 0 Å². The summed E-state index contributed by atoms with van der Waals surface area (Å²) in [7, 11) is 0. The summed E-state index contributed by atoms with van der Waals surface area (Å²) in [4.78, 5) is 8.85. The molecule has 0 bridgehead atoms. The number of isothiocyanates is 1.